The summed E-state index contributed by atoms with van der Waals surface area (Å²) >= 11 is 0. The Bertz CT molecular complexity index is 389. The molecule has 0 radical (unpaired) electrons. The van der Waals surface area contributed by atoms with E-state index >= 15 is 0 Å². The molecule has 14 heavy (non-hydrogen) atoms. The number of pyridine rings is 1. The van der Waals surface area contributed by atoms with Crippen molar-refractivity contribution in [3.63, 3.8) is 0 Å². The summed E-state index contributed by atoms with van der Waals surface area (Å²) < 4.78 is 0. The molecule has 0 unspecified atom stereocenters. The Kier molecular flexibility index (Phi) is 2.76. The van der Waals surface area contributed by atoms with Crippen molar-refractivity contribution in [2.45, 2.75) is 13.3 Å². The van der Waals surface area contributed by atoms with Gasteiger partial charge < -0.3 is 5.11 Å². The first-order valence-corrected chi connectivity index (χ1v) is 3.82. The molecule has 0 bridgehead atoms. The summed E-state index contributed by atoms with van der Waals surface area (Å²) in [6.07, 6.45) is 0.974. The van der Waals surface area contributed by atoms with Crippen LogP contribution in [0.5, 0.6) is 0 Å². The molecule has 0 aromatic carbocycles. The average Bonchev–Trinajstić information content (AvgIpc) is 2.07. The third-order valence-electron chi connectivity index (χ3n) is 1.60. The lowest BCUT2D eigenvalue weighted by molar-refractivity contribution is -0.385. The van der Waals surface area contributed by atoms with Gasteiger partial charge in [0.05, 0.1) is 11.3 Å². The Morgan fingerprint density at radius 1 is 1.71 bits per heavy atom. The number of rotatable bonds is 3. The molecule has 0 aliphatic heterocycles. The second-order valence-electron chi connectivity index (χ2n) is 2.81. The molecule has 1 N–H and O–H groups in total. The fourth-order valence-electron chi connectivity index (χ4n) is 1.02. The summed E-state index contributed by atoms with van der Waals surface area (Å²) in [5.74, 6) is -1.13. The zero-order valence-corrected chi connectivity index (χ0v) is 7.43. The van der Waals surface area contributed by atoms with E-state index in [9.17, 15) is 14.9 Å². The number of nitro groups is 1. The summed E-state index contributed by atoms with van der Waals surface area (Å²) in [4.78, 5) is 24.0. The van der Waals surface area contributed by atoms with Crippen molar-refractivity contribution in [2.24, 2.45) is 0 Å². The first-order chi connectivity index (χ1) is 6.50. The van der Waals surface area contributed by atoms with Crippen LogP contribution in [0.25, 0.3) is 0 Å². The van der Waals surface area contributed by atoms with E-state index in [4.69, 9.17) is 5.11 Å². The number of hydrogen-bond acceptors (Lipinski definition) is 4. The van der Waals surface area contributed by atoms with Gasteiger partial charge in [-0.05, 0) is 12.5 Å². The summed E-state index contributed by atoms with van der Waals surface area (Å²) in [7, 11) is 0. The number of carboxylic acid groups (broad SMARTS) is 1. The molecule has 0 atom stereocenters. The fraction of sp³-hybridized carbons (Fsp3) is 0.250. The fourth-order valence-corrected chi connectivity index (χ4v) is 1.02. The molecule has 0 spiro atoms. The Morgan fingerprint density at radius 3 is 2.86 bits per heavy atom. The van der Waals surface area contributed by atoms with Crippen molar-refractivity contribution in [1.82, 2.24) is 4.98 Å². The molecule has 0 saturated heterocycles. The predicted octanol–water partition coefficient (Wildman–Crippen LogP) is 0.925. The summed E-state index contributed by atoms with van der Waals surface area (Å²) in [6.45, 7) is 1.66. The van der Waals surface area contributed by atoms with E-state index in [1.165, 1.54) is 12.3 Å². The number of aliphatic carboxylic acids is 1. The molecule has 0 saturated carbocycles. The quantitative estimate of drug-likeness (QED) is 0.573. The van der Waals surface area contributed by atoms with Gasteiger partial charge in [-0.3, -0.25) is 19.9 Å². The SMILES string of the molecule is Cc1cnc(CC(=O)O)c([N+](=O)[O-])c1. The minimum Gasteiger partial charge on any atom is -0.481 e. The van der Waals surface area contributed by atoms with Crippen molar-refractivity contribution < 1.29 is 14.8 Å². The normalized spacial score (nSPS) is 9.79. The zero-order valence-electron chi connectivity index (χ0n) is 7.43. The van der Waals surface area contributed by atoms with E-state index in [1.807, 2.05) is 0 Å². The maximum Gasteiger partial charge on any atom is 0.309 e. The standard InChI is InChI=1S/C8H8N2O4/c1-5-2-7(10(13)14)6(9-4-5)3-8(11)12/h2,4H,3H2,1H3,(H,11,12). The molecule has 0 aliphatic carbocycles. The van der Waals surface area contributed by atoms with Gasteiger partial charge in [-0.2, -0.15) is 0 Å². The van der Waals surface area contributed by atoms with Crippen molar-refractivity contribution >= 4 is 11.7 Å². The molecular formula is C8H8N2O4. The molecule has 1 heterocycles. The molecule has 6 nitrogen and oxygen atoms in total. The monoisotopic (exact) mass is 196 g/mol. The third-order valence-corrected chi connectivity index (χ3v) is 1.60. The summed E-state index contributed by atoms with van der Waals surface area (Å²) in [5, 5.41) is 19.0. The molecule has 0 aliphatic rings. The second kappa shape index (κ2) is 3.82. The van der Waals surface area contributed by atoms with Gasteiger partial charge in [-0.1, -0.05) is 0 Å². The van der Waals surface area contributed by atoms with E-state index in [2.05, 4.69) is 4.98 Å². The van der Waals surface area contributed by atoms with E-state index in [1.54, 1.807) is 6.92 Å². The largest absolute Gasteiger partial charge is 0.481 e. The smallest absolute Gasteiger partial charge is 0.309 e. The first kappa shape index (κ1) is 10.1. The number of nitrogens with zero attached hydrogens (tertiary/aromatic N) is 2. The highest BCUT2D eigenvalue weighted by Gasteiger charge is 2.17. The molecule has 1 rings (SSSR count). The highest BCUT2D eigenvalue weighted by molar-refractivity contribution is 5.71. The highest BCUT2D eigenvalue weighted by atomic mass is 16.6. The van der Waals surface area contributed by atoms with Crippen LogP contribution in [0.1, 0.15) is 11.3 Å². The lowest BCUT2D eigenvalue weighted by Gasteiger charge is -1.99. The maximum atomic E-state index is 10.5. The van der Waals surface area contributed by atoms with Gasteiger partial charge in [0.1, 0.15) is 5.69 Å². The van der Waals surface area contributed by atoms with Crippen LogP contribution in [0, 0.1) is 17.0 Å². The van der Waals surface area contributed by atoms with Crippen LogP contribution >= 0.6 is 0 Å². The number of hydrogen-bond donors (Lipinski definition) is 1. The highest BCUT2D eigenvalue weighted by Crippen LogP contribution is 2.17. The Morgan fingerprint density at radius 2 is 2.36 bits per heavy atom. The maximum absolute atomic E-state index is 10.5. The van der Waals surface area contributed by atoms with Crippen LogP contribution in [0.3, 0.4) is 0 Å². The minimum absolute atomic E-state index is 0.0203. The number of aromatic nitrogens is 1. The topological polar surface area (TPSA) is 93.3 Å². The third kappa shape index (κ3) is 2.25. The van der Waals surface area contributed by atoms with Gasteiger partial charge in [-0.25, -0.2) is 0 Å². The van der Waals surface area contributed by atoms with Gasteiger partial charge in [0.25, 0.3) is 5.69 Å². The predicted molar refractivity (Wildman–Crippen MR) is 47.0 cm³/mol. The number of carboxylic acids is 1. The number of carbonyl (C=O) groups is 1. The van der Waals surface area contributed by atoms with Crippen LogP contribution in [-0.4, -0.2) is 21.0 Å². The average molecular weight is 196 g/mol. The molecule has 0 amide bonds. The molecule has 6 heteroatoms. The molecular weight excluding hydrogens is 188 g/mol. The van der Waals surface area contributed by atoms with Crippen LogP contribution in [0.15, 0.2) is 12.3 Å². The van der Waals surface area contributed by atoms with Crippen molar-refractivity contribution in [3.05, 3.63) is 33.6 Å². The van der Waals surface area contributed by atoms with Crippen LogP contribution in [0.2, 0.25) is 0 Å². The number of aryl methyl sites for hydroxylation is 1. The minimum atomic E-state index is -1.13. The molecule has 1 aromatic rings. The second-order valence-corrected chi connectivity index (χ2v) is 2.81. The van der Waals surface area contributed by atoms with Crippen molar-refractivity contribution in [1.29, 1.82) is 0 Å². The van der Waals surface area contributed by atoms with E-state index in [-0.39, 0.29) is 11.4 Å². The van der Waals surface area contributed by atoms with Crippen LogP contribution in [-0.2, 0) is 11.2 Å². The molecule has 0 fully saturated rings. The summed E-state index contributed by atoms with van der Waals surface area (Å²) in [6, 6.07) is 1.31. The van der Waals surface area contributed by atoms with E-state index in [0.29, 0.717) is 5.56 Å². The Balaban J connectivity index is 3.14. The molecule has 74 valence electrons. The van der Waals surface area contributed by atoms with Gasteiger partial charge in [0.15, 0.2) is 0 Å². The van der Waals surface area contributed by atoms with Gasteiger partial charge in [0.2, 0.25) is 0 Å². The first-order valence-electron chi connectivity index (χ1n) is 3.82. The lowest BCUT2D eigenvalue weighted by atomic mass is 10.2. The lowest BCUT2D eigenvalue weighted by Crippen LogP contribution is -2.06. The van der Waals surface area contributed by atoms with Crippen molar-refractivity contribution in [2.75, 3.05) is 0 Å². The Labute approximate surface area is 79.4 Å². The van der Waals surface area contributed by atoms with Crippen molar-refractivity contribution in [3.8, 4) is 0 Å². The molecule has 1 aromatic heterocycles. The van der Waals surface area contributed by atoms with Gasteiger partial charge in [0, 0.05) is 12.3 Å². The van der Waals surface area contributed by atoms with Gasteiger partial charge >= 0.3 is 5.97 Å². The van der Waals surface area contributed by atoms with E-state index in [0.717, 1.165) is 0 Å². The van der Waals surface area contributed by atoms with Crippen LogP contribution in [0.4, 0.5) is 5.69 Å². The Hall–Kier alpha value is -1.98. The summed E-state index contributed by atoms with van der Waals surface area (Å²) in [5.41, 5.74) is 0.367. The van der Waals surface area contributed by atoms with Gasteiger partial charge in [-0.15, -0.1) is 0 Å². The van der Waals surface area contributed by atoms with E-state index < -0.39 is 17.3 Å². The van der Waals surface area contributed by atoms with Crippen LogP contribution < -0.4 is 0 Å². The zero-order chi connectivity index (χ0) is 10.7.